The Morgan fingerprint density at radius 3 is 2.65 bits per heavy atom. The first kappa shape index (κ1) is 19.3. The van der Waals surface area contributed by atoms with Gasteiger partial charge in [-0.05, 0) is 34.7 Å². The van der Waals surface area contributed by atoms with Crippen molar-refractivity contribution in [2.45, 2.75) is 6.42 Å². The number of hydrogen-bond acceptors (Lipinski definition) is 8. The van der Waals surface area contributed by atoms with Gasteiger partial charge in [0.1, 0.15) is 5.01 Å². The van der Waals surface area contributed by atoms with E-state index in [2.05, 4.69) is 30.4 Å². The average molecular weight is 433 g/mol. The third-order valence-corrected chi connectivity index (χ3v) is 6.10. The predicted octanol–water partition coefficient (Wildman–Crippen LogP) is 2.07. The maximum absolute atomic E-state index is 12.8. The predicted molar refractivity (Wildman–Crippen MR) is 117 cm³/mol. The molecule has 0 radical (unpaired) electrons. The molecule has 0 bridgehead atoms. The van der Waals surface area contributed by atoms with Crippen LogP contribution in [0, 0.1) is 0 Å². The smallest absolute Gasteiger partial charge is 0.250 e. The van der Waals surface area contributed by atoms with Crippen LogP contribution in [-0.2, 0) is 11.2 Å². The molecule has 4 aromatic rings. The van der Waals surface area contributed by atoms with Crippen molar-refractivity contribution >= 4 is 23.2 Å². The zero-order valence-electron chi connectivity index (χ0n) is 16.7. The fourth-order valence-corrected chi connectivity index (χ4v) is 4.36. The summed E-state index contributed by atoms with van der Waals surface area (Å²) in [6, 6.07) is 13.7. The minimum Gasteiger partial charge on any atom is -0.339 e. The van der Waals surface area contributed by atoms with E-state index in [9.17, 15) is 4.79 Å². The molecule has 0 N–H and O–H groups in total. The molecule has 0 unspecified atom stereocenters. The number of thiazole rings is 1. The Bertz CT molecular complexity index is 1150. The molecule has 0 aliphatic carbocycles. The Morgan fingerprint density at radius 1 is 1.03 bits per heavy atom. The van der Waals surface area contributed by atoms with Crippen molar-refractivity contribution in [1.82, 2.24) is 35.1 Å². The standard InChI is InChI=1S/C21H20N8OS/c30-19(13-17-15-31-20(23-17)16-5-4-8-22-14-16)27-9-11-28(12-10-27)21-24-25-26-29(21)18-6-2-1-3-7-18/h1-8,14-15H,9-13H2. The highest BCUT2D eigenvalue weighted by Gasteiger charge is 2.25. The van der Waals surface area contributed by atoms with E-state index in [1.165, 1.54) is 11.3 Å². The number of anilines is 1. The van der Waals surface area contributed by atoms with Crippen LogP contribution in [0.2, 0.25) is 0 Å². The number of hydrogen-bond donors (Lipinski definition) is 0. The van der Waals surface area contributed by atoms with Gasteiger partial charge in [0, 0.05) is 49.5 Å². The van der Waals surface area contributed by atoms with Crippen LogP contribution in [-0.4, -0.2) is 67.2 Å². The molecule has 9 nitrogen and oxygen atoms in total. The first-order chi connectivity index (χ1) is 15.3. The zero-order valence-corrected chi connectivity index (χ0v) is 17.5. The zero-order chi connectivity index (χ0) is 21.0. The van der Waals surface area contributed by atoms with Gasteiger partial charge in [-0.3, -0.25) is 9.78 Å². The molecule has 1 aromatic carbocycles. The van der Waals surface area contributed by atoms with Crippen molar-refractivity contribution in [2.24, 2.45) is 0 Å². The number of nitrogens with zero attached hydrogens (tertiary/aromatic N) is 8. The van der Waals surface area contributed by atoms with Gasteiger partial charge in [-0.2, -0.15) is 4.68 Å². The molecule has 0 atom stereocenters. The maximum Gasteiger partial charge on any atom is 0.250 e. The Balaban J connectivity index is 1.20. The number of rotatable bonds is 5. The quantitative estimate of drug-likeness (QED) is 0.477. The number of para-hydroxylation sites is 1. The van der Waals surface area contributed by atoms with Crippen molar-refractivity contribution in [1.29, 1.82) is 0 Å². The Morgan fingerprint density at radius 2 is 1.87 bits per heavy atom. The molecule has 3 aromatic heterocycles. The van der Waals surface area contributed by atoms with Crippen LogP contribution in [0.3, 0.4) is 0 Å². The number of amides is 1. The van der Waals surface area contributed by atoms with Crippen LogP contribution in [0.5, 0.6) is 0 Å². The molecule has 0 spiro atoms. The summed E-state index contributed by atoms with van der Waals surface area (Å²) in [6.45, 7) is 2.61. The highest BCUT2D eigenvalue weighted by Crippen LogP contribution is 2.23. The second-order valence-corrected chi connectivity index (χ2v) is 8.01. The fourth-order valence-electron chi connectivity index (χ4n) is 3.55. The van der Waals surface area contributed by atoms with E-state index < -0.39 is 0 Å². The minimum atomic E-state index is 0.0883. The van der Waals surface area contributed by atoms with Crippen LogP contribution in [0.15, 0.2) is 60.2 Å². The normalized spacial score (nSPS) is 14.1. The molecule has 1 aliphatic rings. The summed E-state index contributed by atoms with van der Waals surface area (Å²) in [7, 11) is 0. The fraction of sp³-hybridized carbons (Fsp3) is 0.238. The SMILES string of the molecule is O=C(Cc1csc(-c2cccnc2)n1)N1CCN(c2nnnn2-c2ccccc2)CC1. The minimum absolute atomic E-state index is 0.0883. The molecular formula is C21H20N8OS. The molecule has 31 heavy (non-hydrogen) atoms. The first-order valence-electron chi connectivity index (χ1n) is 9.99. The van der Waals surface area contributed by atoms with Crippen molar-refractivity contribution in [3.05, 3.63) is 65.9 Å². The summed E-state index contributed by atoms with van der Waals surface area (Å²) in [4.78, 5) is 25.5. The van der Waals surface area contributed by atoms with Gasteiger partial charge in [-0.15, -0.1) is 11.3 Å². The summed E-state index contributed by atoms with van der Waals surface area (Å²) in [6.07, 6.45) is 3.82. The van der Waals surface area contributed by atoms with E-state index in [-0.39, 0.29) is 5.91 Å². The molecule has 10 heteroatoms. The largest absolute Gasteiger partial charge is 0.339 e. The molecule has 1 aliphatic heterocycles. The summed E-state index contributed by atoms with van der Waals surface area (Å²) >= 11 is 1.53. The number of carbonyl (C=O) groups is 1. The van der Waals surface area contributed by atoms with Crippen molar-refractivity contribution < 1.29 is 4.79 Å². The van der Waals surface area contributed by atoms with Gasteiger partial charge in [0.15, 0.2) is 0 Å². The van der Waals surface area contributed by atoms with Crippen LogP contribution >= 0.6 is 11.3 Å². The van der Waals surface area contributed by atoms with E-state index in [1.54, 1.807) is 17.1 Å². The average Bonchev–Trinajstić information content (AvgIpc) is 3.50. The van der Waals surface area contributed by atoms with Crippen molar-refractivity contribution in [3.8, 4) is 16.3 Å². The highest BCUT2D eigenvalue weighted by atomic mass is 32.1. The van der Waals surface area contributed by atoms with Gasteiger partial charge >= 0.3 is 0 Å². The van der Waals surface area contributed by atoms with Gasteiger partial charge in [-0.25, -0.2) is 4.98 Å². The summed E-state index contributed by atoms with van der Waals surface area (Å²) in [5, 5.41) is 15.0. The van der Waals surface area contributed by atoms with Gasteiger partial charge in [0.2, 0.25) is 11.9 Å². The number of pyridine rings is 1. The maximum atomic E-state index is 12.8. The molecule has 1 saturated heterocycles. The van der Waals surface area contributed by atoms with E-state index in [4.69, 9.17) is 0 Å². The summed E-state index contributed by atoms with van der Waals surface area (Å²) < 4.78 is 1.73. The van der Waals surface area contributed by atoms with Crippen LogP contribution < -0.4 is 4.90 Å². The van der Waals surface area contributed by atoms with E-state index in [0.29, 0.717) is 38.5 Å². The highest BCUT2D eigenvalue weighted by molar-refractivity contribution is 7.13. The molecule has 5 rings (SSSR count). The Kier molecular flexibility index (Phi) is 5.36. The Labute approximate surface area is 183 Å². The van der Waals surface area contributed by atoms with Crippen molar-refractivity contribution in [2.75, 3.05) is 31.1 Å². The van der Waals surface area contributed by atoms with E-state index in [1.807, 2.05) is 52.7 Å². The summed E-state index contributed by atoms with van der Waals surface area (Å²) in [5.41, 5.74) is 2.68. The van der Waals surface area contributed by atoms with Gasteiger partial charge in [0.05, 0.1) is 17.8 Å². The number of piperazine rings is 1. The Hall–Kier alpha value is -3.66. The molecule has 0 saturated carbocycles. The molecular weight excluding hydrogens is 412 g/mol. The van der Waals surface area contributed by atoms with Crippen molar-refractivity contribution in [3.63, 3.8) is 0 Å². The van der Waals surface area contributed by atoms with Crippen LogP contribution in [0.4, 0.5) is 5.95 Å². The molecule has 1 amide bonds. The lowest BCUT2D eigenvalue weighted by molar-refractivity contribution is -0.130. The second kappa shape index (κ2) is 8.60. The van der Waals surface area contributed by atoms with E-state index in [0.717, 1.165) is 22.0 Å². The second-order valence-electron chi connectivity index (χ2n) is 7.16. The lowest BCUT2D eigenvalue weighted by Gasteiger charge is -2.34. The number of tetrazole rings is 1. The monoisotopic (exact) mass is 432 g/mol. The topological polar surface area (TPSA) is 92.9 Å². The summed E-state index contributed by atoms with van der Waals surface area (Å²) in [5.74, 6) is 0.782. The molecule has 156 valence electrons. The van der Waals surface area contributed by atoms with Gasteiger partial charge < -0.3 is 9.80 Å². The van der Waals surface area contributed by atoms with Gasteiger partial charge in [0.25, 0.3) is 0 Å². The van der Waals surface area contributed by atoms with Crippen LogP contribution in [0.1, 0.15) is 5.69 Å². The molecule has 4 heterocycles. The van der Waals surface area contributed by atoms with Crippen LogP contribution in [0.25, 0.3) is 16.3 Å². The van der Waals surface area contributed by atoms with Gasteiger partial charge in [-0.1, -0.05) is 23.3 Å². The number of benzene rings is 1. The number of carbonyl (C=O) groups excluding carboxylic acids is 1. The number of aromatic nitrogens is 6. The van der Waals surface area contributed by atoms with E-state index >= 15 is 0 Å². The third-order valence-electron chi connectivity index (χ3n) is 5.16. The third kappa shape index (κ3) is 4.15. The first-order valence-corrected chi connectivity index (χ1v) is 10.9. The lowest BCUT2D eigenvalue weighted by Crippen LogP contribution is -2.50. The molecule has 1 fully saturated rings. The lowest BCUT2D eigenvalue weighted by atomic mass is 10.2.